The van der Waals surface area contributed by atoms with Gasteiger partial charge in [0.25, 0.3) is 0 Å². The first-order chi connectivity index (χ1) is 8.50. The number of halogens is 1. The van der Waals surface area contributed by atoms with Gasteiger partial charge in [-0.3, -0.25) is 0 Å². The SMILES string of the molecule is CN(Cc1ccsc1)S(=O)(=O)c1ccc(Cl)nc1. The lowest BCUT2D eigenvalue weighted by molar-refractivity contribution is 0.467. The van der Waals surface area contributed by atoms with Crippen LogP contribution in [0.15, 0.2) is 40.1 Å². The summed E-state index contributed by atoms with van der Waals surface area (Å²) in [6, 6.07) is 4.82. The number of rotatable bonds is 4. The van der Waals surface area contributed by atoms with Gasteiger partial charge in [-0.15, -0.1) is 0 Å². The number of aromatic nitrogens is 1. The highest BCUT2D eigenvalue weighted by Gasteiger charge is 2.21. The van der Waals surface area contributed by atoms with Gasteiger partial charge in [-0.2, -0.15) is 15.6 Å². The topological polar surface area (TPSA) is 50.3 Å². The highest BCUT2D eigenvalue weighted by molar-refractivity contribution is 7.89. The molecule has 2 heterocycles. The summed E-state index contributed by atoms with van der Waals surface area (Å²) in [4.78, 5) is 3.93. The smallest absolute Gasteiger partial charge is 0.243 e. The Morgan fingerprint density at radius 3 is 2.72 bits per heavy atom. The van der Waals surface area contributed by atoms with Gasteiger partial charge in [0.15, 0.2) is 0 Å². The normalized spacial score (nSPS) is 11.9. The van der Waals surface area contributed by atoms with Gasteiger partial charge in [-0.05, 0) is 34.5 Å². The largest absolute Gasteiger partial charge is 0.244 e. The molecule has 2 rings (SSSR count). The van der Waals surface area contributed by atoms with Crippen LogP contribution in [0.2, 0.25) is 5.15 Å². The third kappa shape index (κ3) is 2.89. The minimum Gasteiger partial charge on any atom is -0.243 e. The van der Waals surface area contributed by atoms with E-state index in [9.17, 15) is 8.42 Å². The summed E-state index contributed by atoms with van der Waals surface area (Å²) in [5.41, 5.74) is 0.966. The lowest BCUT2D eigenvalue weighted by atomic mass is 10.3. The number of nitrogens with zero attached hydrogens (tertiary/aromatic N) is 2. The molecule has 0 atom stereocenters. The van der Waals surface area contributed by atoms with Gasteiger partial charge in [0.2, 0.25) is 10.0 Å². The standard InChI is InChI=1S/C11H11ClN2O2S2/c1-14(7-9-4-5-17-8-9)18(15,16)10-2-3-11(12)13-6-10/h2-6,8H,7H2,1H3. The van der Waals surface area contributed by atoms with Gasteiger partial charge >= 0.3 is 0 Å². The molecule has 0 aliphatic heterocycles. The molecule has 0 fully saturated rings. The van der Waals surface area contributed by atoms with Crippen molar-refractivity contribution < 1.29 is 8.42 Å². The predicted octanol–water partition coefficient (Wildman–Crippen LogP) is 2.62. The molecule has 0 aliphatic carbocycles. The minimum atomic E-state index is -3.52. The monoisotopic (exact) mass is 302 g/mol. The summed E-state index contributed by atoms with van der Waals surface area (Å²) in [7, 11) is -1.97. The van der Waals surface area contributed by atoms with Crippen LogP contribution in [0.1, 0.15) is 5.56 Å². The fourth-order valence-corrected chi connectivity index (χ4v) is 3.30. The van der Waals surface area contributed by atoms with Crippen LogP contribution in [0.5, 0.6) is 0 Å². The predicted molar refractivity (Wildman–Crippen MR) is 72.2 cm³/mol. The van der Waals surface area contributed by atoms with E-state index < -0.39 is 10.0 Å². The average molecular weight is 303 g/mol. The molecule has 0 unspecified atom stereocenters. The maximum absolute atomic E-state index is 12.2. The van der Waals surface area contributed by atoms with E-state index >= 15 is 0 Å². The molecule has 0 amide bonds. The van der Waals surface area contributed by atoms with E-state index in [2.05, 4.69) is 4.98 Å². The fraction of sp³-hybridized carbons (Fsp3) is 0.182. The summed E-state index contributed by atoms with van der Waals surface area (Å²) < 4.78 is 25.7. The van der Waals surface area contributed by atoms with E-state index in [0.29, 0.717) is 6.54 Å². The van der Waals surface area contributed by atoms with Gasteiger partial charge in [0, 0.05) is 19.8 Å². The van der Waals surface area contributed by atoms with Gasteiger partial charge in [0.1, 0.15) is 10.0 Å². The quantitative estimate of drug-likeness (QED) is 0.816. The Kier molecular flexibility index (Phi) is 4.01. The molecule has 0 saturated heterocycles. The van der Waals surface area contributed by atoms with Crippen molar-refractivity contribution in [3.63, 3.8) is 0 Å². The van der Waals surface area contributed by atoms with E-state index in [4.69, 9.17) is 11.6 Å². The van der Waals surface area contributed by atoms with Crippen molar-refractivity contribution in [2.75, 3.05) is 7.05 Å². The highest BCUT2D eigenvalue weighted by atomic mass is 35.5. The van der Waals surface area contributed by atoms with E-state index in [1.807, 2.05) is 16.8 Å². The van der Waals surface area contributed by atoms with E-state index in [-0.39, 0.29) is 10.0 Å². The maximum atomic E-state index is 12.2. The molecule has 0 N–H and O–H groups in total. The first-order valence-electron chi connectivity index (χ1n) is 5.09. The van der Waals surface area contributed by atoms with Crippen LogP contribution >= 0.6 is 22.9 Å². The van der Waals surface area contributed by atoms with Gasteiger partial charge in [0.05, 0.1) is 0 Å². The molecule has 2 aromatic rings. The number of thiophene rings is 1. The average Bonchev–Trinajstić information content (AvgIpc) is 2.82. The molecule has 0 saturated carbocycles. The third-order valence-corrected chi connectivity index (χ3v) is 5.14. The lowest BCUT2D eigenvalue weighted by Crippen LogP contribution is -2.26. The number of pyridine rings is 1. The van der Waals surface area contributed by atoms with Crippen molar-refractivity contribution in [2.45, 2.75) is 11.4 Å². The molecular formula is C11H11ClN2O2S2. The molecule has 0 aliphatic rings. The molecule has 0 bridgehead atoms. The Morgan fingerprint density at radius 2 is 2.17 bits per heavy atom. The Hall–Kier alpha value is -0.950. The number of sulfonamides is 1. The minimum absolute atomic E-state index is 0.143. The summed E-state index contributed by atoms with van der Waals surface area (Å²) in [6.07, 6.45) is 1.27. The zero-order valence-corrected chi connectivity index (χ0v) is 12.0. The highest BCUT2D eigenvalue weighted by Crippen LogP contribution is 2.18. The second-order valence-electron chi connectivity index (χ2n) is 3.71. The van der Waals surface area contributed by atoms with E-state index in [1.54, 1.807) is 7.05 Å². The van der Waals surface area contributed by atoms with Crippen LogP contribution in [-0.2, 0) is 16.6 Å². The molecule has 18 heavy (non-hydrogen) atoms. The van der Waals surface area contributed by atoms with Crippen molar-refractivity contribution in [3.05, 3.63) is 45.9 Å². The van der Waals surface area contributed by atoms with Crippen molar-refractivity contribution in [2.24, 2.45) is 0 Å². The molecule has 2 aromatic heterocycles. The molecule has 4 nitrogen and oxygen atoms in total. The van der Waals surface area contributed by atoms with Crippen LogP contribution in [-0.4, -0.2) is 24.8 Å². The second-order valence-corrected chi connectivity index (χ2v) is 6.92. The molecule has 0 aromatic carbocycles. The van der Waals surface area contributed by atoms with E-state index in [0.717, 1.165) is 5.56 Å². The first-order valence-corrected chi connectivity index (χ1v) is 7.85. The van der Waals surface area contributed by atoms with Gasteiger partial charge < -0.3 is 0 Å². The zero-order chi connectivity index (χ0) is 13.2. The van der Waals surface area contributed by atoms with Crippen LogP contribution in [0.3, 0.4) is 0 Å². The van der Waals surface area contributed by atoms with Crippen LogP contribution in [0.4, 0.5) is 0 Å². The Balaban J connectivity index is 2.22. The summed E-state index contributed by atoms with van der Waals surface area (Å²) in [5.74, 6) is 0. The van der Waals surface area contributed by atoms with Gasteiger partial charge in [-0.1, -0.05) is 11.6 Å². The lowest BCUT2D eigenvalue weighted by Gasteiger charge is -2.16. The molecule has 96 valence electrons. The second kappa shape index (κ2) is 5.36. The van der Waals surface area contributed by atoms with Crippen molar-refractivity contribution >= 4 is 33.0 Å². The van der Waals surface area contributed by atoms with E-state index in [1.165, 1.54) is 34.0 Å². The molecule has 0 radical (unpaired) electrons. The third-order valence-electron chi connectivity index (χ3n) is 2.39. The number of hydrogen-bond donors (Lipinski definition) is 0. The zero-order valence-electron chi connectivity index (χ0n) is 9.58. The summed E-state index contributed by atoms with van der Waals surface area (Å²) in [5, 5.41) is 4.11. The Morgan fingerprint density at radius 1 is 1.39 bits per heavy atom. The fourth-order valence-electron chi connectivity index (χ4n) is 1.42. The first kappa shape index (κ1) is 13.5. The summed E-state index contributed by atoms with van der Waals surface area (Å²) in [6.45, 7) is 0.342. The van der Waals surface area contributed by atoms with Gasteiger partial charge in [-0.25, -0.2) is 13.4 Å². The van der Waals surface area contributed by atoms with Crippen LogP contribution in [0.25, 0.3) is 0 Å². The molecule has 0 spiro atoms. The molecule has 7 heteroatoms. The Labute approximate surface area is 115 Å². The van der Waals surface area contributed by atoms with Crippen molar-refractivity contribution in [3.8, 4) is 0 Å². The maximum Gasteiger partial charge on any atom is 0.244 e. The van der Waals surface area contributed by atoms with Crippen LogP contribution < -0.4 is 0 Å². The number of hydrogen-bond acceptors (Lipinski definition) is 4. The molecular weight excluding hydrogens is 292 g/mol. The van der Waals surface area contributed by atoms with Crippen LogP contribution in [0, 0.1) is 0 Å². The summed E-state index contributed by atoms with van der Waals surface area (Å²) >= 11 is 7.18. The Bertz CT molecular complexity index is 609. The van der Waals surface area contributed by atoms with Crippen molar-refractivity contribution in [1.29, 1.82) is 0 Å². The van der Waals surface area contributed by atoms with Crippen molar-refractivity contribution in [1.82, 2.24) is 9.29 Å².